The lowest BCUT2D eigenvalue weighted by atomic mass is 9.95. The molecule has 0 radical (unpaired) electrons. The zero-order chi connectivity index (χ0) is 30.2. The molecule has 8 rings (SSSR count). The van der Waals surface area contributed by atoms with Crippen molar-refractivity contribution in [3.8, 4) is 57.0 Å². The molecule has 0 amide bonds. The molecule has 0 aliphatic rings. The van der Waals surface area contributed by atoms with Crippen LogP contribution in [0.25, 0.3) is 72.8 Å². The minimum absolute atomic E-state index is 0.564. The molecule has 0 N–H and O–H groups in total. The van der Waals surface area contributed by atoms with E-state index in [1.807, 2.05) is 97.1 Å². The number of benzene rings is 6. The van der Waals surface area contributed by atoms with E-state index in [1.54, 1.807) is 0 Å². The van der Waals surface area contributed by atoms with Crippen LogP contribution in [-0.4, -0.2) is 19.5 Å². The summed E-state index contributed by atoms with van der Waals surface area (Å²) in [6.45, 7) is 0. The van der Waals surface area contributed by atoms with E-state index < -0.39 is 0 Å². The van der Waals surface area contributed by atoms with Gasteiger partial charge in [-0.2, -0.15) is 5.26 Å². The quantitative estimate of drug-likeness (QED) is 0.205. The van der Waals surface area contributed by atoms with Crippen LogP contribution in [-0.2, 0) is 0 Å². The Morgan fingerprint density at radius 1 is 0.444 bits per heavy atom. The number of hydrogen-bond acceptors (Lipinski definition) is 4. The second-order valence-corrected chi connectivity index (χ2v) is 10.8. The highest BCUT2D eigenvalue weighted by molar-refractivity contribution is 6.10. The SMILES string of the molecule is N#Cc1ccc(-n2c3ccccc3c3ccccc32)c(-c2ccccc2-c2nc(-c3ccccc3)nc(-c3ccccc3)n2)c1. The Morgan fingerprint density at radius 3 is 1.51 bits per heavy atom. The molecule has 0 aliphatic carbocycles. The molecule has 45 heavy (non-hydrogen) atoms. The molecule has 0 spiro atoms. The van der Waals surface area contributed by atoms with Crippen molar-refractivity contribution in [3.05, 3.63) is 157 Å². The largest absolute Gasteiger partial charge is 0.309 e. The van der Waals surface area contributed by atoms with E-state index in [2.05, 4.69) is 65.2 Å². The molecule has 0 bridgehead atoms. The van der Waals surface area contributed by atoms with Gasteiger partial charge in [-0.3, -0.25) is 0 Å². The average molecular weight is 576 g/mol. The van der Waals surface area contributed by atoms with E-state index in [0.717, 1.165) is 44.5 Å². The molecule has 2 heterocycles. The summed E-state index contributed by atoms with van der Waals surface area (Å²) in [5.74, 6) is 1.76. The minimum atomic E-state index is 0.564. The van der Waals surface area contributed by atoms with Crippen LogP contribution in [0.4, 0.5) is 0 Å². The Morgan fingerprint density at radius 2 is 0.933 bits per heavy atom. The summed E-state index contributed by atoms with van der Waals surface area (Å²) >= 11 is 0. The second-order valence-electron chi connectivity index (χ2n) is 10.8. The number of para-hydroxylation sites is 2. The molecule has 210 valence electrons. The highest BCUT2D eigenvalue weighted by Crippen LogP contribution is 2.39. The predicted octanol–water partition coefficient (Wildman–Crippen LogP) is 9.51. The van der Waals surface area contributed by atoms with E-state index in [9.17, 15) is 5.26 Å². The average Bonchev–Trinajstić information content (AvgIpc) is 3.46. The van der Waals surface area contributed by atoms with Crippen molar-refractivity contribution in [2.75, 3.05) is 0 Å². The first-order valence-electron chi connectivity index (χ1n) is 14.8. The van der Waals surface area contributed by atoms with Crippen molar-refractivity contribution in [3.63, 3.8) is 0 Å². The van der Waals surface area contributed by atoms with E-state index in [4.69, 9.17) is 15.0 Å². The van der Waals surface area contributed by atoms with Gasteiger partial charge in [0.2, 0.25) is 0 Å². The summed E-state index contributed by atoms with van der Waals surface area (Å²) in [5, 5.41) is 12.3. The second kappa shape index (κ2) is 11.0. The van der Waals surface area contributed by atoms with E-state index in [1.165, 1.54) is 10.8 Å². The van der Waals surface area contributed by atoms with Crippen LogP contribution < -0.4 is 0 Å². The monoisotopic (exact) mass is 575 g/mol. The van der Waals surface area contributed by atoms with Gasteiger partial charge in [-0.1, -0.05) is 121 Å². The Labute approximate surface area is 260 Å². The molecule has 0 saturated carbocycles. The van der Waals surface area contributed by atoms with Crippen LogP contribution in [0.15, 0.2) is 152 Å². The molecule has 8 aromatic rings. The maximum Gasteiger partial charge on any atom is 0.164 e. The molecule has 6 aromatic carbocycles. The lowest BCUT2D eigenvalue weighted by Gasteiger charge is -2.17. The van der Waals surface area contributed by atoms with Gasteiger partial charge < -0.3 is 4.57 Å². The van der Waals surface area contributed by atoms with Crippen molar-refractivity contribution >= 4 is 21.8 Å². The van der Waals surface area contributed by atoms with Crippen LogP contribution in [0.2, 0.25) is 0 Å². The van der Waals surface area contributed by atoms with Gasteiger partial charge in [0, 0.05) is 33.0 Å². The number of fused-ring (bicyclic) bond motifs is 3. The van der Waals surface area contributed by atoms with Gasteiger partial charge >= 0.3 is 0 Å². The van der Waals surface area contributed by atoms with E-state index >= 15 is 0 Å². The summed E-state index contributed by atoms with van der Waals surface area (Å²) in [4.78, 5) is 14.9. The highest BCUT2D eigenvalue weighted by atomic mass is 15.0. The molecule has 2 aromatic heterocycles. The normalized spacial score (nSPS) is 11.1. The van der Waals surface area contributed by atoms with Crippen molar-refractivity contribution in [2.45, 2.75) is 0 Å². The van der Waals surface area contributed by atoms with E-state index in [-0.39, 0.29) is 0 Å². The first-order chi connectivity index (χ1) is 22.3. The third kappa shape index (κ3) is 4.62. The van der Waals surface area contributed by atoms with Crippen LogP contribution in [0, 0.1) is 11.3 Å². The van der Waals surface area contributed by atoms with Crippen molar-refractivity contribution in [1.29, 1.82) is 5.26 Å². The lowest BCUT2D eigenvalue weighted by Crippen LogP contribution is -2.02. The highest BCUT2D eigenvalue weighted by Gasteiger charge is 2.20. The van der Waals surface area contributed by atoms with Crippen LogP contribution in [0.5, 0.6) is 0 Å². The molecule has 5 heteroatoms. The Kier molecular flexibility index (Phi) is 6.44. The zero-order valence-corrected chi connectivity index (χ0v) is 24.2. The molecular weight excluding hydrogens is 550 g/mol. The Bertz CT molecular complexity index is 2270. The summed E-state index contributed by atoms with van der Waals surface area (Å²) in [5.41, 5.74) is 8.26. The molecular formula is C40H25N5. The van der Waals surface area contributed by atoms with Crippen LogP contribution >= 0.6 is 0 Å². The number of nitriles is 1. The van der Waals surface area contributed by atoms with Gasteiger partial charge in [0.25, 0.3) is 0 Å². The van der Waals surface area contributed by atoms with Crippen molar-refractivity contribution in [2.24, 2.45) is 0 Å². The summed E-state index contributed by atoms with van der Waals surface area (Å²) in [7, 11) is 0. The Hall–Kier alpha value is -6.38. The lowest BCUT2D eigenvalue weighted by molar-refractivity contribution is 1.07. The maximum absolute atomic E-state index is 10.00. The fourth-order valence-corrected chi connectivity index (χ4v) is 6.04. The Balaban J connectivity index is 1.41. The smallest absolute Gasteiger partial charge is 0.164 e. The number of rotatable bonds is 5. The fraction of sp³-hybridized carbons (Fsp3) is 0. The minimum Gasteiger partial charge on any atom is -0.309 e. The molecule has 0 atom stereocenters. The van der Waals surface area contributed by atoms with Crippen LogP contribution in [0.1, 0.15) is 5.56 Å². The third-order valence-corrected chi connectivity index (χ3v) is 8.10. The molecule has 0 unspecified atom stereocenters. The van der Waals surface area contributed by atoms with Gasteiger partial charge in [-0.25, -0.2) is 15.0 Å². The molecule has 0 aliphatic heterocycles. The molecule has 5 nitrogen and oxygen atoms in total. The van der Waals surface area contributed by atoms with Gasteiger partial charge in [-0.15, -0.1) is 0 Å². The number of nitrogens with zero attached hydrogens (tertiary/aromatic N) is 5. The van der Waals surface area contributed by atoms with Crippen molar-refractivity contribution < 1.29 is 0 Å². The first-order valence-corrected chi connectivity index (χ1v) is 14.8. The zero-order valence-electron chi connectivity index (χ0n) is 24.2. The maximum atomic E-state index is 10.00. The first kappa shape index (κ1) is 26.3. The summed E-state index contributed by atoms with van der Waals surface area (Å²) < 4.78 is 2.29. The van der Waals surface area contributed by atoms with Gasteiger partial charge in [-0.05, 0) is 35.9 Å². The van der Waals surface area contributed by atoms with Crippen molar-refractivity contribution in [1.82, 2.24) is 19.5 Å². The van der Waals surface area contributed by atoms with Gasteiger partial charge in [0.05, 0.1) is 28.4 Å². The van der Waals surface area contributed by atoms with E-state index in [0.29, 0.717) is 23.0 Å². The number of hydrogen-bond donors (Lipinski definition) is 0. The molecule has 0 saturated heterocycles. The molecule has 0 fully saturated rings. The third-order valence-electron chi connectivity index (χ3n) is 8.10. The topological polar surface area (TPSA) is 67.4 Å². The number of aromatic nitrogens is 4. The summed E-state index contributed by atoms with van der Waals surface area (Å²) in [6.07, 6.45) is 0. The fourth-order valence-electron chi connectivity index (χ4n) is 6.04. The van der Waals surface area contributed by atoms with Crippen LogP contribution in [0.3, 0.4) is 0 Å². The standard InChI is InChI=1S/C40H25N5/c41-26-27-23-24-37(45-35-21-11-9-18-31(35)32-19-10-12-22-36(32)45)34(25-27)30-17-7-8-20-33(30)40-43-38(28-13-3-1-4-14-28)42-39(44-40)29-15-5-2-6-16-29/h1-25H. The predicted molar refractivity (Wildman–Crippen MR) is 181 cm³/mol. The van der Waals surface area contributed by atoms with Gasteiger partial charge in [0.15, 0.2) is 17.5 Å². The summed E-state index contributed by atoms with van der Waals surface area (Å²) in [6, 6.07) is 53.2. The van der Waals surface area contributed by atoms with Gasteiger partial charge in [0.1, 0.15) is 0 Å².